The summed E-state index contributed by atoms with van der Waals surface area (Å²) < 4.78 is 0. The van der Waals surface area contributed by atoms with Crippen molar-refractivity contribution in [2.45, 2.75) is 51.9 Å². The molecule has 0 atom stereocenters. The Balaban J connectivity index is 2.73. The SMILES string of the molecule is CCCCCCCCCNC[SiH3]. The van der Waals surface area contributed by atoms with Crippen LogP contribution in [0.1, 0.15) is 51.9 Å². The molecule has 74 valence electrons. The normalized spacial score (nSPS) is 10.8. The molecule has 0 aromatic carbocycles. The van der Waals surface area contributed by atoms with Gasteiger partial charge in [0.1, 0.15) is 0 Å². The molecule has 0 aromatic heterocycles. The highest BCUT2D eigenvalue weighted by Crippen LogP contribution is 2.05. The summed E-state index contributed by atoms with van der Waals surface area (Å²) in [4.78, 5) is 0. The van der Waals surface area contributed by atoms with Gasteiger partial charge in [-0.25, -0.2) is 0 Å². The van der Waals surface area contributed by atoms with Crippen LogP contribution in [0.25, 0.3) is 0 Å². The van der Waals surface area contributed by atoms with Crippen molar-refractivity contribution < 1.29 is 0 Å². The highest BCUT2D eigenvalue weighted by atomic mass is 28.1. The van der Waals surface area contributed by atoms with Crippen LogP contribution in [0.15, 0.2) is 0 Å². The molecule has 0 unspecified atom stereocenters. The van der Waals surface area contributed by atoms with Crippen LogP contribution in [0.4, 0.5) is 0 Å². The van der Waals surface area contributed by atoms with Crippen LogP contribution in [0.3, 0.4) is 0 Å². The van der Waals surface area contributed by atoms with Gasteiger partial charge in [0.05, 0.1) is 0 Å². The Bertz CT molecular complexity index is 66.2. The van der Waals surface area contributed by atoms with Gasteiger partial charge >= 0.3 is 0 Å². The van der Waals surface area contributed by atoms with Gasteiger partial charge in [0.2, 0.25) is 0 Å². The van der Waals surface area contributed by atoms with Gasteiger partial charge in [-0.2, -0.15) is 0 Å². The second-order valence-electron chi connectivity index (χ2n) is 3.47. The van der Waals surface area contributed by atoms with Crippen molar-refractivity contribution in [2.24, 2.45) is 0 Å². The monoisotopic (exact) mass is 187 g/mol. The van der Waals surface area contributed by atoms with Gasteiger partial charge in [0.15, 0.2) is 0 Å². The fraction of sp³-hybridized carbons (Fsp3) is 1.00. The van der Waals surface area contributed by atoms with Crippen LogP contribution in [0, 0.1) is 0 Å². The first-order valence-electron chi connectivity index (χ1n) is 5.62. The molecule has 0 spiro atoms. The largest absolute Gasteiger partial charge is 0.320 e. The molecule has 0 aromatic rings. The second-order valence-corrected chi connectivity index (χ2v) is 4.18. The molecule has 0 rings (SSSR count). The molecule has 0 saturated carbocycles. The fourth-order valence-corrected chi connectivity index (χ4v) is 1.74. The van der Waals surface area contributed by atoms with Gasteiger partial charge < -0.3 is 5.32 Å². The van der Waals surface area contributed by atoms with Crippen LogP contribution in [-0.4, -0.2) is 23.0 Å². The Morgan fingerprint density at radius 3 is 2.08 bits per heavy atom. The van der Waals surface area contributed by atoms with Crippen molar-refractivity contribution in [1.29, 1.82) is 0 Å². The van der Waals surface area contributed by atoms with Crippen molar-refractivity contribution in [2.75, 3.05) is 12.7 Å². The quantitative estimate of drug-likeness (QED) is 0.427. The van der Waals surface area contributed by atoms with Crippen LogP contribution < -0.4 is 5.32 Å². The predicted molar refractivity (Wildman–Crippen MR) is 60.8 cm³/mol. The average Bonchev–Trinajstić information content (AvgIpc) is 2.10. The van der Waals surface area contributed by atoms with Crippen LogP contribution in [0.2, 0.25) is 0 Å². The first-order chi connectivity index (χ1) is 5.91. The first kappa shape index (κ1) is 12.2. The third-order valence-electron chi connectivity index (χ3n) is 2.21. The smallest absolute Gasteiger partial charge is 0.0201 e. The van der Waals surface area contributed by atoms with Crippen molar-refractivity contribution in [1.82, 2.24) is 5.32 Å². The van der Waals surface area contributed by atoms with E-state index in [1.165, 1.54) is 67.9 Å². The average molecular weight is 187 g/mol. The summed E-state index contributed by atoms with van der Waals surface area (Å²) in [7, 11) is 1.30. The lowest BCUT2D eigenvalue weighted by molar-refractivity contribution is 0.576. The maximum absolute atomic E-state index is 3.41. The summed E-state index contributed by atoms with van der Waals surface area (Å²) in [5.74, 6) is 0. The van der Waals surface area contributed by atoms with Crippen LogP contribution >= 0.6 is 0 Å². The molecule has 1 nitrogen and oxygen atoms in total. The summed E-state index contributed by atoms with van der Waals surface area (Å²) in [5, 5.41) is 3.41. The van der Waals surface area contributed by atoms with E-state index < -0.39 is 0 Å². The summed E-state index contributed by atoms with van der Waals surface area (Å²) >= 11 is 0. The van der Waals surface area contributed by atoms with E-state index in [0.29, 0.717) is 0 Å². The Kier molecular flexibility index (Phi) is 11.3. The molecule has 0 fully saturated rings. The molecule has 0 bridgehead atoms. The standard InChI is InChI=1S/C10H25NSi/c1-2-3-4-5-6-7-8-9-11-10-12/h11H,2-10H2,1,12H3. The minimum atomic E-state index is 1.25. The third-order valence-corrected chi connectivity index (χ3v) is 2.71. The molecule has 12 heavy (non-hydrogen) atoms. The molecule has 0 heterocycles. The molecule has 0 saturated heterocycles. The van der Waals surface area contributed by atoms with E-state index in [1.807, 2.05) is 0 Å². The van der Waals surface area contributed by atoms with Gasteiger partial charge in [-0.1, -0.05) is 45.4 Å². The zero-order valence-electron chi connectivity index (χ0n) is 8.86. The van der Waals surface area contributed by atoms with Gasteiger partial charge in [0, 0.05) is 10.2 Å². The number of rotatable bonds is 9. The zero-order chi connectivity index (χ0) is 9.07. The molecular formula is C10H25NSi. The molecule has 0 radical (unpaired) electrons. The van der Waals surface area contributed by atoms with Crippen LogP contribution in [-0.2, 0) is 0 Å². The molecular weight excluding hydrogens is 162 g/mol. The summed E-state index contributed by atoms with van der Waals surface area (Å²) in [5.41, 5.74) is 0. The highest BCUT2D eigenvalue weighted by Gasteiger charge is 1.89. The highest BCUT2D eigenvalue weighted by molar-refractivity contribution is 6.08. The van der Waals surface area contributed by atoms with E-state index in [9.17, 15) is 0 Å². The van der Waals surface area contributed by atoms with E-state index >= 15 is 0 Å². The van der Waals surface area contributed by atoms with E-state index in [0.717, 1.165) is 0 Å². The lowest BCUT2D eigenvalue weighted by Gasteiger charge is -2.01. The Labute approximate surface area is 80.7 Å². The number of hydrogen-bond donors (Lipinski definition) is 1. The fourth-order valence-electron chi connectivity index (χ4n) is 1.38. The van der Waals surface area contributed by atoms with Crippen molar-refractivity contribution >= 4 is 10.2 Å². The topological polar surface area (TPSA) is 12.0 Å². The summed E-state index contributed by atoms with van der Waals surface area (Å²) in [6, 6.07) is 0. The Morgan fingerprint density at radius 2 is 1.50 bits per heavy atom. The van der Waals surface area contributed by atoms with Gasteiger partial charge in [-0.15, -0.1) is 0 Å². The van der Waals surface area contributed by atoms with Gasteiger partial charge in [0.25, 0.3) is 0 Å². The van der Waals surface area contributed by atoms with E-state index in [1.54, 1.807) is 0 Å². The van der Waals surface area contributed by atoms with Crippen molar-refractivity contribution in [3.8, 4) is 0 Å². The van der Waals surface area contributed by atoms with Crippen LogP contribution in [0.5, 0.6) is 0 Å². The van der Waals surface area contributed by atoms with Crippen molar-refractivity contribution in [3.05, 3.63) is 0 Å². The second kappa shape index (κ2) is 11.2. The lowest BCUT2D eigenvalue weighted by atomic mass is 10.1. The number of unbranched alkanes of at least 4 members (excludes halogenated alkanes) is 6. The minimum absolute atomic E-state index is 1.25. The lowest BCUT2D eigenvalue weighted by Crippen LogP contribution is -2.16. The molecule has 1 N–H and O–H groups in total. The maximum atomic E-state index is 3.41. The van der Waals surface area contributed by atoms with E-state index in [-0.39, 0.29) is 0 Å². The molecule has 0 amide bonds. The molecule has 0 aliphatic carbocycles. The molecule has 0 aliphatic rings. The van der Waals surface area contributed by atoms with Crippen molar-refractivity contribution in [3.63, 3.8) is 0 Å². The van der Waals surface area contributed by atoms with Gasteiger partial charge in [-0.3, -0.25) is 0 Å². The summed E-state index contributed by atoms with van der Waals surface area (Å²) in [6.45, 7) is 3.52. The van der Waals surface area contributed by atoms with E-state index in [4.69, 9.17) is 0 Å². The Hall–Kier alpha value is 0.177. The minimum Gasteiger partial charge on any atom is -0.320 e. The Morgan fingerprint density at radius 1 is 0.917 bits per heavy atom. The maximum Gasteiger partial charge on any atom is 0.0201 e. The first-order valence-corrected chi connectivity index (χ1v) is 7.04. The molecule has 0 aliphatic heterocycles. The number of nitrogens with one attached hydrogen (secondary N) is 1. The zero-order valence-corrected chi connectivity index (χ0v) is 10.9. The third kappa shape index (κ3) is 10.2. The number of hydrogen-bond acceptors (Lipinski definition) is 1. The molecule has 2 heteroatoms. The summed E-state index contributed by atoms with van der Waals surface area (Å²) in [6.07, 6.45) is 11.2. The van der Waals surface area contributed by atoms with Gasteiger partial charge in [-0.05, 0) is 19.1 Å². The predicted octanol–water partition coefficient (Wildman–Crippen LogP) is 1.65. The van der Waals surface area contributed by atoms with E-state index in [2.05, 4.69) is 12.2 Å².